The van der Waals surface area contributed by atoms with E-state index in [2.05, 4.69) is 5.32 Å². The van der Waals surface area contributed by atoms with Crippen molar-refractivity contribution in [1.29, 1.82) is 0 Å². The van der Waals surface area contributed by atoms with Crippen LogP contribution in [0.3, 0.4) is 0 Å². The molecule has 1 atom stereocenters. The molecule has 0 saturated carbocycles. The molecule has 0 radical (unpaired) electrons. The quantitative estimate of drug-likeness (QED) is 0.859. The van der Waals surface area contributed by atoms with Gasteiger partial charge >= 0.3 is 0 Å². The van der Waals surface area contributed by atoms with Crippen molar-refractivity contribution in [1.82, 2.24) is 10.2 Å². The Labute approximate surface area is 152 Å². The molecule has 0 aromatic heterocycles. The predicted octanol–water partition coefficient (Wildman–Crippen LogP) is 3.21. The Balaban J connectivity index is 1.53. The standard InChI is InChI=1S/C19H21ClN2O3/c1-13(19(23)21-10-14-3-6-16(20)7-4-14)22(2)11-15-5-8-17-18(9-15)25-12-24-17/h3-9,13H,10-12H2,1-2H3,(H,21,23)/t13-/m1/s1. The molecular weight excluding hydrogens is 340 g/mol. The molecule has 25 heavy (non-hydrogen) atoms. The van der Waals surface area contributed by atoms with Gasteiger partial charge in [0.15, 0.2) is 11.5 Å². The number of ether oxygens (including phenoxy) is 2. The zero-order valence-electron chi connectivity index (χ0n) is 14.3. The first-order valence-electron chi connectivity index (χ1n) is 8.14. The maximum atomic E-state index is 12.4. The van der Waals surface area contributed by atoms with Crippen molar-refractivity contribution in [2.45, 2.75) is 26.1 Å². The molecule has 1 amide bonds. The molecule has 1 heterocycles. The lowest BCUT2D eigenvalue weighted by molar-refractivity contribution is -0.125. The largest absolute Gasteiger partial charge is 0.454 e. The van der Waals surface area contributed by atoms with E-state index in [0.29, 0.717) is 18.1 Å². The highest BCUT2D eigenvalue weighted by molar-refractivity contribution is 6.30. The van der Waals surface area contributed by atoms with Gasteiger partial charge in [-0.25, -0.2) is 0 Å². The molecular formula is C19H21ClN2O3. The molecule has 3 rings (SSSR count). The monoisotopic (exact) mass is 360 g/mol. The first kappa shape index (κ1) is 17.6. The summed E-state index contributed by atoms with van der Waals surface area (Å²) in [7, 11) is 1.93. The molecule has 0 saturated heterocycles. The fourth-order valence-electron chi connectivity index (χ4n) is 2.60. The van der Waals surface area contributed by atoms with E-state index in [1.54, 1.807) is 0 Å². The molecule has 132 valence electrons. The van der Waals surface area contributed by atoms with Gasteiger partial charge in [-0.15, -0.1) is 0 Å². The number of nitrogens with one attached hydrogen (secondary N) is 1. The average Bonchev–Trinajstić information content (AvgIpc) is 3.08. The number of likely N-dealkylation sites (N-methyl/N-ethyl adjacent to an activating group) is 1. The van der Waals surface area contributed by atoms with Gasteiger partial charge < -0.3 is 14.8 Å². The number of hydrogen-bond acceptors (Lipinski definition) is 4. The van der Waals surface area contributed by atoms with Gasteiger partial charge in [0.2, 0.25) is 12.7 Å². The lowest BCUT2D eigenvalue weighted by Crippen LogP contribution is -2.42. The third-order valence-corrected chi connectivity index (χ3v) is 4.54. The van der Waals surface area contributed by atoms with Crippen molar-refractivity contribution in [3.63, 3.8) is 0 Å². The van der Waals surface area contributed by atoms with Crippen molar-refractivity contribution in [3.8, 4) is 11.5 Å². The Kier molecular flexibility index (Phi) is 5.46. The predicted molar refractivity (Wildman–Crippen MR) is 96.8 cm³/mol. The second-order valence-electron chi connectivity index (χ2n) is 6.12. The molecule has 2 aromatic rings. The summed E-state index contributed by atoms with van der Waals surface area (Å²) in [5.41, 5.74) is 2.09. The Hall–Kier alpha value is -2.24. The average molecular weight is 361 g/mol. The maximum Gasteiger partial charge on any atom is 0.237 e. The minimum absolute atomic E-state index is 0.0156. The summed E-state index contributed by atoms with van der Waals surface area (Å²) in [6.07, 6.45) is 0. The van der Waals surface area contributed by atoms with Gasteiger partial charge in [0, 0.05) is 18.1 Å². The minimum Gasteiger partial charge on any atom is -0.454 e. The molecule has 0 unspecified atom stereocenters. The highest BCUT2D eigenvalue weighted by atomic mass is 35.5. The smallest absolute Gasteiger partial charge is 0.237 e. The van der Waals surface area contributed by atoms with Crippen LogP contribution in [0.4, 0.5) is 0 Å². The van der Waals surface area contributed by atoms with Crippen LogP contribution >= 0.6 is 11.6 Å². The van der Waals surface area contributed by atoms with Gasteiger partial charge in [0.1, 0.15) is 0 Å². The molecule has 5 nitrogen and oxygen atoms in total. The topological polar surface area (TPSA) is 50.8 Å². The van der Waals surface area contributed by atoms with Crippen molar-refractivity contribution in [2.24, 2.45) is 0 Å². The number of fused-ring (bicyclic) bond motifs is 1. The van der Waals surface area contributed by atoms with Gasteiger partial charge in [-0.1, -0.05) is 29.8 Å². The van der Waals surface area contributed by atoms with E-state index in [1.165, 1.54) is 0 Å². The van der Waals surface area contributed by atoms with Gasteiger partial charge in [-0.2, -0.15) is 0 Å². The number of hydrogen-bond donors (Lipinski definition) is 1. The van der Waals surface area contributed by atoms with E-state index in [4.69, 9.17) is 21.1 Å². The highest BCUT2D eigenvalue weighted by Crippen LogP contribution is 2.32. The number of amides is 1. The maximum absolute atomic E-state index is 12.4. The second kappa shape index (κ2) is 7.76. The number of nitrogens with zero attached hydrogens (tertiary/aromatic N) is 1. The molecule has 0 aliphatic carbocycles. The van der Waals surface area contributed by atoms with Crippen LogP contribution in [-0.4, -0.2) is 30.7 Å². The summed E-state index contributed by atoms with van der Waals surface area (Å²) in [6, 6.07) is 13.0. The molecule has 6 heteroatoms. The molecule has 1 aliphatic heterocycles. The van der Waals surface area contributed by atoms with E-state index in [0.717, 1.165) is 22.6 Å². The van der Waals surface area contributed by atoms with Gasteiger partial charge in [0.05, 0.1) is 6.04 Å². The highest BCUT2D eigenvalue weighted by Gasteiger charge is 2.19. The molecule has 0 bridgehead atoms. The van der Waals surface area contributed by atoms with E-state index >= 15 is 0 Å². The first-order valence-corrected chi connectivity index (χ1v) is 8.51. The molecule has 2 aromatic carbocycles. The summed E-state index contributed by atoms with van der Waals surface area (Å²) in [6.45, 7) is 3.28. The number of carbonyl (C=O) groups excluding carboxylic acids is 1. The Morgan fingerprint density at radius 2 is 1.84 bits per heavy atom. The fraction of sp³-hybridized carbons (Fsp3) is 0.316. The SMILES string of the molecule is C[C@H](C(=O)NCc1ccc(Cl)cc1)N(C)Cc1ccc2c(c1)OCO2. The molecule has 0 spiro atoms. The third-order valence-electron chi connectivity index (χ3n) is 4.29. The number of carbonyl (C=O) groups is 1. The van der Waals surface area contributed by atoms with Crippen LogP contribution in [-0.2, 0) is 17.9 Å². The number of halogens is 1. The zero-order valence-corrected chi connectivity index (χ0v) is 15.0. The third kappa shape index (κ3) is 4.44. The lowest BCUT2D eigenvalue weighted by atomic mass is 10.1. The van der Waals surface area contributed by atoms with Gasteiger partial charge in [-0.05, 0) is 49.4 Å². The van der Waals surface area contributed by atoms with Crippen LogP contribution in [0.1, 0.15) is 18.1 Å². The Morgan fingerprint density at radius 1 is 1.16 bits per heavy atom. The van der Waals surface area contributed by atoms with Crippen LogP contribution < -0.4 is 14.8 Å². The summed E-state index contributed by atoms with van der Waals surface area (Å²) in [5.74, 6) is 1.50. The van der Waals surface area contributed by atoms with E-state index in [9.17, 15) is 4.79 Å². The normalized spacial score (nSPS) is 13.8. The van der Waals surface area contributed by atoms with Crippen molar-refractivity contribution in [3.05, 3.63) is 58.6 Å². The zero-order chi connectivity index (χ0) is 17.8. The second-order valence-corrected chi connectivity index (χ2v) is 6.56. The van der Waals surface area contributed by atoms with Gasteiger partial charge in [-0.3, -0.25) is 9.69 Å². The summed E-state index contributed by atoms with van der Waals surface area (Å²) < 4.78 is 10.7. The Bertz CT molecular complexity index is 749. The van der Waals surface area contributed by atoms with E-state index in [1.807, 2.05) is 61.3 Å². The minimum atomic E-state index is -0.252. The fourth-order valence-corrected chi connectivity index (χ4v) is 2.73. The van der Waals surface area contributed by atoms with E-state index < -0.39 is 0 Å². The van der Waals surface area contributed by atoms with Crippen LogP contribution in [0.5, 0.6) is 11.5 Å². The van der Waals surface area contributed by atoms with Crippen molar-refractivity contribution >= 4 is 17.5 Å². The molecule has 1 aliphatic rings. The molecule has 0 fully saturated rings. The summed E-state index contributed by atoms with van der Waals surface area (Å²) >= 11 is 5.87. The van der Waals surface area contributed by atoms with Crippen molar-refractivity contribution < 1.29 is 14.3 Å². The first-order chi connectivity index (χ1) is 12.0. The lowest BCUT2D eigenvalue weighted by Gasteiger charge is -2.24. The van der Waals surface area contributed by atoms with Crippen LogP contribution in [0.2, 0.25) is 5.02 Å². The van der Waals surface area contributed by atoms with E-state index in [-0.39, 0.29) is 18.7 Å². The van der Waals surface area contributed by atoms with Crippen LogP contribution in [0.15, 0.2) is 42.5 Å². The van der Waals surface area contributed by atoms with Crippen LogP contribution in [0, 0.1) is 0 Å². The van der Waals surface area contributed by atoms with Gasteiger partial charge in [0.25, 0.3) is 0 Å². The number of benzene rings is 2. The number of rotatable bonds is 6. The summed E-state index contributed by atoms with van der Waals surface area (Å²) in [5, 5.41) is 3.65. The molecule has 1 N–H and O–H groups in total. The van der Waals surface area contributed by atoms with Crippen LogP contribution in [0.25, 0.3) is 0 Å². The summed E-state index contributed by atoms with van der Waals surface area (Å²) in [4.78, 5) is 14.4. The van der Waals surface area contributed by atoms with Crippen molar-refractivity contribution in [2.75, 3.05) is 13.8 Å². The Morgan fingerprint density at radius 3 is 2.60 bits per heavy atom.